The summed E-state index contributed by atoms with van der Waals surface area (Å²) in [6.45, 7) is 12.0. The lowest BCUT2D eigenvalue weighted by molar-refractivity contribution is -0.136. The number of likely N-dealkylation sites (tertiary alicyclic amines) is 1. The number of carbonyl (C=O) groups excluding carboxylic acids is 1. The summed E-state index contributed by atoms with van der Waals surface area (Å²) in [7, 11) is 1.96. The van der Waals surface area contributed by atoms with E-state index in [1.54, 1.807) is 0 Å². The summed E-state index contributed by atoms with van der Waals surface area (Å²) in [6.07, 6.45) is 2.25. The lowest BCUT2D eigenvalue weighted by Crippen LogP contribution is -2.47. The van der Waals surface area contributed by atoms with Crippen LogP contribution in [0, 0.1) is 11.8 Å². The number of carbonyl (C=O) groups is 1. The van der Waals surface area contributed by atoms with E-state index in [1.165, 1.54) is 6.54 Å². The number of rotatable bonds is 4. The van der Waals surface area contributed by atoms with Crippen LogP contribution in [0.3, 0.4) is 0 Å². The number of hydrogen-bond acceptors (Lipinski definition) is 2. The highest BCUT2D eigenvalue weighted by molar-refractivity contribution is 5.78. The molecule has 0 aromatic heterocycles. The average molecular weight is 240 g/mol. The number of nitrogens with zero attached hydrogens (tertiary/aromatic N) is 2. The van der Waals surface area contributed by atoms with E-state index in [9.17, 15) is 4.79 Å². The van der Waals surface area contributed by atoms with Gasteiger partial charge < -0.3 is 9.80 Å². The molecule has 1 saturated heterocycles. The van der Waals surface area contributed by atoms with Crippen LogP contribution < -0.4 is 0 Å². The summed E-state index contributed by atoms with van der Waals surface area (Å²) in [5.41, 5.74) is 0. The van der Waals surface area contributed by atoms with Crippen LogP contribution in [0.4, 0.5) is 0 Å². The fourth-order valence-electron chi connectivity index (χ4n) is 2.59. The molecule has 0 aromatic rings. The summed E-state index contributed by atoms with van der Waals surface area (Å²) < 4.78 is 0. The van der Waals surface area contributed by atoms with Crippen LogP contribution in [0.25, 0.3) is 0 Å². The average Bonchev–Trinajstić information content (AvgIpc) is 2.27. The fourth-order valence-corrected chi connectivity index (χ4v) is 2.59. The van der Waals surface area contributed by atoms with Gasteiger partial charge in [-0.05, 0) is 18.8 Å². The standard InChI is InChI=1S/C14H28N2O/c1-11(2)10-16-8-6-13(7-9-16)15(5)14(17)12(3)4/h11-13H,6-10H2,1-5H3. The Hall–Kier alpha value is -0.570. The van der Waals surface area contributed by atoms with Gasteiger partial charge in [-0.1, -0.05) is 27.7 Å². The molecule has 1 amide bonds. The summed E-state index contributed by atoms with van der Waals surface area (Å²) in [6, 6.07) is 0.452. The van der Waals surface area contributed by atoms with Crippen molar-refractivity contribution in [3.05, 3.63) is 0 Å². The van der Waals surface area contributed by atoms with Gasteiger partial charge in [0.1, 0.15) is 0 Å². The van der Waals surface area contributed by atoms with E-state index >= 15 is 0 Å². The third-order valence-corrected chi connectivity index (χ3v) is 3.57. The molecule has 1 fully saturated rings. The molecule has 0 aliphatic carbocycles. The normalized spacial score (nSPS) is 19.0. The van der Waals surface area contributed by atoms with Crippen LogP contribution in [-0.4, -0.2) is 48.4 Å². The zero-order valence-corrected chi connectivity index (χ0v) is 12.1. The van der Waals surface area contributed by atoms with E-state index in [0.29, 0.717) is 6.04 Å². The van der Waals surface area contributed by atoms with Gasteiger partial charge in [0.25, 0.3) is 0 Å². The van der Waals surface area contributed by atoms with Crippen molar-refractivity contribution in [1.82, 2.24) is 9.80 Å². The van der Waals surface area contributed by atoms with Crippen molar-refractivity contribution in [2.75, 3.05) is 26.7 Å². The van der Waals surface area contributed by atoms with Crippen LogP contribution in [0.5, 0.6) is 0 Å². The van der Waals surface area contributed by atoms with E-state index in [0.717, 1.165) is 31.8 Å². The Bertz CT molecular complexity index is 243. The molecule has 17 heavy (non-hydrogen) atoms. The molecule has 1 aliphatic heterocycles. The zero-order chi connectivity index (χ0) is 13.0. The summed E-state index contributed by atoms with van der Waals surface area (Å²) >= 11 is 0. The van der Waals surface area contributed by atoms with Crippen LogP contribution >= 0.6 is 0 Å². The number of amides is 1. The molecular formula is C14H28N2O. The van der Waals surface area contributed by atoms with Gasteiger partial charge in [-0.2, -0.15) is 0 Å². The first-order valence-corrected chi connectivity index (χ1v) is 6.90. The Labute approximate surface area is 106 Å². The second kappa shape index (κ2) is 6.39. The highest BCUT2D eigenvalue weighted by Crippen LogP contribution is 2.18. The quantitative estimate of drug-likeness (QED) is 0.752. The lowest BCUT2D eigenvalue weighted by atomic mass is 10.0. The molecule has 1 aliphatic rings. The van der Waals surface area contributed by atoms with E-state index in [4.69, 9.17) is 0 Å². The minimum atomic E-state index is 0.119. The van der Waals surface area contributed by atoms with Gasteiger partial charge >= 0.3 is 0 Å². The third kappa shape index (κ3) is 4.30. The molecule has 0 bridgehead atoms. The van der Waals surface area contributed by atoms with Crippen LogP contribution in [-0.2, 0) is 4.79 Å². The summed E-state index contributed by atoms with van der Waals surface area (Å²) in [5, 5.41) is 0. The third-order valence-electron chi connectivity index (χ3n) is 3.57. The monoisotopic (exact) mass is 240 g/mol. The number of piperidine rings is 1. The van der Waals surface area contributed by atoms with Crippen molar-refractivity contribution in [1.29, 1.82) is 0 Å². The molecular weight excluding hydrogens is 212 g/mol. The first kappa shape index (κ1) is 14.5. The van der Waals surface area contributed by atoms with Gasteiger partial charge in [0.15, 0.2) is 0 Å². The summed E-state index contributed by atoms with van der Waals surface area (Å²) in [4.78, 5) is 16.4. The summed E-state index contributed by atoms with van der Waals surface area (Å²) in [5.74, 6) is 1.14. The predicted molar refractivity (Wildman–Crippen MR) is 71.9 cm³/mol. The van der Waals surface area contributed by atoms with Gasteiger partial charge in [0.2, 0.25) is 5.91 Å². The van der Waals surface area contributed by atoms with Crippen molar-refractivity contribution in [2.45, 2.75) is 46.6 Å². The van der Waals surface area contributed by atoms with Gasteiger partial charge in [0, 0.05) is 38.6 Å². The highest BCUT2D eigenvalue weighted by atomic mass is 16.2. The Morgan fingerprint density at radius 3 is 2.18 bits per heavy atom. The van der Waals surface area contributed by atoms with Crippen molar-refractivity contribution >= 4 is 5.91 Å². The van der Waals surface area contributed by atoms with E-state index in [2.05, 4.69) is 18.7 Å². The first-order valence-electron chi connectivity index (χ1n) is 6.90. The van der Waals surface area contributed by atoms with Crippen molar-refractivity contribution < 1.29 is 4.79 Å². The minimum Gasteiger partial charge on any atom is -0.342 e. The largest absolute Gasteiger partial charge is 0.342 e. The fraction of sp³-hybridized carbons (Fsp3) is 0.929. The Morgan fingerprint density at radius 1 is 1.24 bits per heavy atom. The Morgan fingerprint density at radius 2 is 1.76 bits per heavy atom. The second-order valence-electron chi connectivity index (χ2n) is 6.03. The van der Waals surface area contributed by atoms with E-state index in [1.807, 2.05) is 25.8 Å². The smallest absolute Gasteiger partial charge is 0.225 e. The van der Waals surface area contributed by atoms with Gasteiger partial charge in [0.05, 0.1) is 0 Å². The lowest BCUT2D eigenvalue weighted by Gasteiger charge is -2.38. The van der Waals surface area contributed by atoms with Crippen molar-refractivity contribution in [2.24, 2.45) is 11.8 Å². The molecule has 100 valence electrons. The molecule has 0 radical (unpaired) electrons. The molecule has 0 saturated carbocycles. The van der Waals surface area contributed by atoms with E-state index in [-0.39, 0.29) is 11.8 Å². The molecule has 0 N–H and O–H groups in total. The Balaban J connectivity index is 2.38. The topological polar surface area (TPSA) is 23.6 Å². The molecule has 0 aromatic carbocycles. The van der Waals surface area contributed by atoms with E-state index < -0.39 is 0 Å². The maximum Gasteiger partial charge on any atom is 0.225 e. The van der Waals surface area contributed by atoms with Gasteiger partial charge in [-0.3, -0.25) is 4.79 Å². The highest BCUT2D eigenvalue weighted by Gasteiger charge is 2.26. The van der Waals surface area contributed by atoms with Crippen LogP contribution in [0.2, 0.25) is 0 Å². The molecule has 3 nitrogen and oxygen atoms in total. The molecule has 0 spiro atoms. The van der Waals surface area contributed by atoms with Gasteiger partial charge in [-0.25, -0.2) is 0 Å². The second-order valence-corrected chi connectivity index (χ2v) is 6.03. The van der Waals surface area contributed by atoms with Crippen LogP contribution in [0.15, 0.2) is 0 Å². The SMILES string of the molecule is CC(C)CN1CCC(N(C)C(=O)C(C)C)CC1. The zero-order valence-electron chi connectivity index (χ0n) is 12.1. The van der Waals surface area contributed by atoms with Crippen molar-refractivity contribution in [3.8, 4) is 0 Å². The predicted octanol–water partition coefficient (Wildman–Crippen LogP) is 2.22. The molecule has 3 heteroatoms. The molecule has 0 atom stereocenters. The Kier molecular flexibility index (Phi) is 5.44. The van der Waals surface area contributed by atoms with Crippen LogP contribution in [0.1, 0.15) is 40.5 Å². The van der Waals surface area contributed by atoms with Crippen molar-refractivity contribution in [3.63, 3.8) is 0 Å². The van der Waals surface area contributed by atoms with Gasteiger partial charge in [-0.15, -0.1) is 0 Å². The molecule has 1 heterocycles. The minimum absolute atomic E-state index is 0.119. The number of hydrogen-bond donors (Lipinski definition) is 0. The first-order chi connectivity index (χ1) is 7.91. The molecule has 1 rings (SSSR count). The maximum atomic E-state index is 11.9. The maximum absolute atomic E-state index is 11.9. The molecule has 0 unspecified atom stereocenters.